The van der Waals surface area contributed by atoms with Crippen molar-refractivity contribution in [2.75, 3.05) is 0 Å². The van der Waals surface area contributed by atoms with Crippen LogP contribution in [0.15, 0.2) is 30.3 Å². The van der Waals surface area contributed by atoms with Gasteiger partial charge < -0.3 is 4.74 Å². The third-order valence-corrected chi connectivity index (χ3v) is 4.88. The molecule has 0 amide bonds. The Morgan fingerprint density at radius 3 is 2.04 bits per heavy atom. The lowest BCUT2D eigenvalue weighted by atomic mass is 9.90. The van der Waals surface area contributed by atoms with Gasteiger partial charge in [-0.25, -0.2) is 0 Å². The van der Waals surface area contributed by atoms with Crippen molar-refractivity contribution in [1.29, 1.82) is 0 Å². The molecule has 1 aromatic rings. The number of carbonyl (C=O) groups is 1. The summed E-state index contributed by atoms with van der Waals surface area (Å²) in [4.78, 5) is 12.9. The van der Waals surface area contributed by atoms with Crippen molar-refractivity contribution in [2.45, 2.75) is 59.7 Å². The van der Waals surface area contributed by atoms with Crippen LogP contribution in [-0.2, 0) is 15.7 Å². The Morgan fingerprint density at radius 2 is 1.62 bits per heavy atom. The zero-order chi connectivity index (χ0) is 19.7. The molecule has 0 saturated heterocycles. The van der Waals surface area contributed by atoms with Crippen LogP contribution in [0.4, 0.5) is 13.2 Å². The van der Waals surface area contributed by atoms with Gasteiger partial charge in [-0.2, -0.15) is 13.2 Å². The molecule has 26 heavy (non-hydrogen) atoms. The minimum absolute atomic E-state index is 0.181. The van der Waals surface area contributed by atoms with Gasteiger partial charge in [0.05, 0.1) is 5.56 Å². The second kappa shape index (κ2) is 7.45. The summed E-state index contributed by atoms with van der Waals surface area (Å²) < 4.78 is 44.0. The predicted molar refractivity (Wildman–Crippen MR) is 96.3 cm³/mol. The lowest BCUT2D eigenvalue weighted by Crippen LogP contribution is -2.33. The van der Waals surface area contributed by atoms with Crippen LogP contribution in [0.25, 0.3) is 5.57 Å². The molecule has 5 heteroatoms. The van der Waals surface area contributed by atoms with E-state index in [4.69, 9.17) is 4.74 Å². The Hall–Kier alpha value is -1.78. The van der Waals surface area contributed by atoms with E-state index >= 15 is 0 Å². The Balaban J connectivity index is 2.19. The molecule has 1 aliphatic rings. The van der Waals surface area contributed by atoms with Gasteiger partial charge in [0.25, 0.3) is 0 Å². The highest BCUT2D eigenvalue weighted by Gasteiger charge is 2.52. The minimum Gasteiger partial charge on any atom is -0.461 e. The smallest absolute Gasteiger partial charge is 0.416 e. The number of hydrogen-bond acceptors (Lipinski definition) is 2. The number of esters is 1. The summed E-state index contributed by atoms with van der Waals surface area (Å²) in [6.07, 6.45) is -1.33. The number of carbonyl (C=O) groups excluding carboxylic acids is 1. The molecule has 0 aliphatic heterocycles. The highest BCUT2D eigenvalue weighted by Crippen LogP contribution is 2.55. The monoisotopic (exact) mass is 368 g/mol. The second-order valence-electron chi connectivity index (χ2n) is 7.71. The van der Waals surface area contributed by atoms with E-state index in [2.05, 4.69) is 0 Å². The second-order valence-corrected chi connectivity index (χ2v) is 7.71. The number of halogens is 3. The first kappa shape index (κ1) is 20.5. The van der Waals surface area contributed by atoms with Gasteiger partial charge in [0.15, 0.2) is 0 Å². The normalized spacial score (nSPS) is 19.9. The number of hydrogen-bond donors (Lipinski definition) is 0. The molecule has 0 heterocycles. The first-order valence-electron chi connectivity index (χ1n) is 9.15. The first-order valence-corrected chi connectivity index (χ1v) is 9.15. The topological polar surface area (TPSA) is 26.3 Å². The molecule has 2 nitrogen and oxygen atoms in total. The fraction of sp³-hybridized carbons (Fsp3) is 0.571. The summed E-state index contributed by atoms with van der Waals surface area (Å²) in [5.74, 6) is 0.110. The lowest BCUT2D eigenvalue weighted by Gasteiger charge is -2.28. The van der Waals surface area contributed by atoms with Crippen LogP contribution in [0.2, 0.25) is 0 Å². The van der Waals surface area contributed by atoms with Gasteiger partial charge in [-0.3, -0.25) is 4.79 Å². The Labute approximate surface area is 153 Å². The molecule has 0 radical (unpaired) electrons. The molecule has 1 atom stereocenters. The zero-order valence-corrected chi connectivity index (χ0v) is 16.0. The molecule has 0 saturated carbocycles. The van der Waals surface area contributed by atoms with Crippen molar-refractivity contribution >= 4 is 11.5 Å². The largest absolute Gasteiger partial charge is 0.461 e. The van der Waals surface area contributed by atoms with Gasteiger partial charge in [0, 0.05) is 0 Å². The molecule has 2 rings (SSSR count). The van der Waals surface area contributed by atoms with Crippen LogP contribution in [0.1, 0.15) is 58.6 Å². The van der Waals surface area contributed by atoms with E-state index in [1.54, 1.807) is 0 Å². The van der Waals surface area contributed by atoms with E-state index in [1.807, 2.05) is 40.7 Å². The van der Waals surface area contributed by atoms with Gasteiger partial charge in [-0.1, -0.05) is 59.2 Å². The average molecular weight is 368 g/mol. The summed E-state index contributed by atoms with van der Waals surface area (Å²) in [6.45, 7) is 10.0. The SMILES string of the molecule is CCC[C@@]1(C(=O)OC(C(C)C)C(C)C)C=C1c1ccc(C(F)(F)F)cc1. The Kier molecular flexibility index (Phi) is 5.89. The van der Waals surface area contributed by atoms with E-state index in [-0.39, 0.29) is 23.9 Å². The fourth-order valence-electron chi connectivity index (χ4n) is 3.53. The molecule has 0 N–H and O–H groups in total. The van der Waals surface area contributed by atoms with Crippen molar-refractivity contribution in [3.8, 4) is 0 Å². The van der Waals surface area contributed by atoms with Crippen LogP contribution in [0.3, 0.4) is 0 Å². The van der Waals surface area contributed by atoms with Crippen molar-refractivity contribution in [1.82, 2.24) is 0 Å². The maximum Gasteiger partial charge on any atom is 0.416 e. The van der Waals surface area contributed by atoms with Crippen LogP contribution < -0.4 is 0 Å². The zero-order valence-electron chi connectivity index (χ0n) is 16.0. The van der Waals surface area contributed by atoms with Crippen LogP contribution >= 0.6 is 0 Å². The van der Waals surface area contributed by atoms with Crippen LogP contribution in [0, 0.1) is 17.3 Å². The van der Waals surface area contributed by atoms with Gasteiger partial charge in [0.1, 0.15) is 11.5 Å². The van der Waals surface area contributed by atoms with E-state index in [1.165, 1.54) is 12.1 Å². The third-order valence-electron chi connectivity index (χ3n) is 4.88. The predicted octanol–water partition coefficient (Wildman–Crippen LogP) is 6.11. The van der Waals surface area contributed by atoms with E-state index < -0.39 is 17.2 Å². The molecule has 0 unspecified atom stereocenters. The highest BCUT2D eigenvalue weighted by atomic mass is 19.4. The summed E-state index contributed by atoms with van der Waals surface area (Å²) in [5.41, 5.74) is -0.0690. The number of benzene rings is 1. The third kappa shape index (κ3) is 4.13. The van der Waals surface area contributed by atoms with Crippen molar-refractivity contribution in [2.24, 2.45) is 17.3 Å². The number of ether oxygens (including phenoxy) is 1. The van der Waals surface area contributed by atoms with Crippen molar-refractivity contribution in [3.63, 3.8) is 0 Å². The molecule has 0 aromatic heterocycles. The Morgan fingerprint density at radius 1 is 1.08 bits per heavy atom. The van der Waals surface area contributed by atoms with Crippen LogP contribution in [-0.4, -0.2) is 12.1 Å². The quantitative estimate of drug-likeness (QED) is 0.543. The van der Waals surface area contributed by atoms with E-state index in [9.17, 15) is 18.0 Å². The highest BCUT2D eigenvalue weighted by molar-refractivity contribution is 6.05. The van der Waals surface area contributed by atoms with E-state index in [0.29, 0.717) is 12.0 Å². The van der Waals surface area contributed by atoms with Crippen molar-refractivity contribution in [3.05, 3.63) is 41.5 Å². The van der Waals surface area contributed by atoms with Gasteiger partial charge in [-0.05, 0) is 41.5 Å². The molecular formula is C21H27F3O2. The first-order chi connectivity index (χ1) is 12.0. The average Bonchev–Trinajstić information content (AvgIpc) is 3.27. The van der Waals surface area contributed by atoms with Gasteiger partial charge >= 0.3 is 12.1 Å². The number of alkyl halides is 3. The summed E-state index contributed by atoms with van der Waals surface area (Å²) in [6, 6.07) is 4.98. The molecule has 144 valence electrons. The summed E-state index contributed by atoms with van der Waals surface area (Å²) >= 11 is 0. The van der Waals surface area contributed by atoms with Gasteiger partial charge in [-0.15, -0.1) is 0 Å². The van der Waals surface area contributed by atoms with Crippen LogP contribution in [0.5, 0.6) is 0 Å². The molecule has 0 spiro atoms. The molecule has 0 fully saturated rings. The lowest BCUT2D eigenvalue weighted by molar-refractivity contribution is -0.159. The fourth-order valence-corrected chi connectivity index (χ4v) is 3.53. The minimum atomic E-state index is -4.36. The summed E-state index contributed by atoms with van der Waals surface area (Å²) in [7, 11) is 0. The maximum absolute atomic E-state index is 12.9. The molecule has 1 aliphatic carbocycles. The molecule has 0 bridgehead atoms. The molecule has 1 aromatic carbocycles. The Bertz CT molecular complexity index is 663. The standard InChI is InChI=1S/C21H27F3O2/c1-6-11-20(19(25)26-18(13(2)3)14(4)5)12-17(20)15-7-9-16(10-8-15)21(22,23)24/h7-10,12-14,18H,6,11H2,1-5H3/t20-/m1/s1. The van der Waals surface area contributed by atoms with Crippen molar-refractivity contribution < 1.29 is 22.7 Å². The summed E-state index contributed by atoms with van der Waals surface area (Å²) in [5, 5.41) is 0. The molecular weight excluding hydrogens is 341 g/mol. The number of rotatable bonds is 7. The van der Waals surface area contributed by atoms with Gasteiger partial charge in [0.2, 0.25) is 0 Å². The van der Waals surface area contributed by atoms with E-state index in [0.717, 1.165) is 24.1 Å². The maximum atomic E-state index is 12.9.